The molecule has 0 aromatic heterocycles. The Labute approximate surface area is 91.1 Å². The fourth-order valence-electron chi connectivity index (χ4n) is 1.12. The molecule has 1 unspecified atom stereocenters. The lowest BCUT2D eigenvalue weighted by Gasteiger charge is -2.11. The summed E-state index contributed by atoms with van der Waals surface area (Å²) < 4.78 is 13.3. The zero-order valence-corrected chi connectivity index (χ0v) is 8.53. The number of amides is 1. The summed E-state index contributed by atoms with van der Waals surface area (Å²) in [6, 6.07) is 2.77. The molecule has 0 radical (unpaired) electrons. The second-order valence-electron chi connectivity index (χ2n) is 3.26. The van der Waals surface area contributed by atoms with E-state index >= 15 is 0 Å². The second kappa shape index (κ2) is 4.61. The van der Waals surface area contributed by atoms with Crippen molar-refractivity contribution < 1.29 is 19.1 Å². The van der Waals surface area contributed by atoms with Crippen molar-refractivity contribution >= 4 is 17.6 Å². The number of aliphatic carboxylic acids is 1. The van der Waals surface area contributed by atoms with E-state index in [2.05, 4.69) is 5.32 Å². The molecule has 0 fully saturated rings. The summed E-state index contributed by atoms with van der Waals surface area (Å²) in [6.07, 6.45) is 0. The molecule has 1 rings (SSSR count). The highest BCUT2D eigenvalue weighted by Crippen LogP contribution is 2.15. The van der Waals surface area contributed by atoms with Crippen LogP contribution in [-0.2, 0) is 4.79 Å². The monoisotopic (exact) mass is 226 g/mol. The van der Waals surface area contributed by atoms with Gasteiger partial charge in [-0.3, -0.25) is 9.59 Å². The van der Waals surface area contributed by atoms with Gasteiger partial charge in [-0.1, -0.05) is 0 Å². The first-order valence-electron chi connectivity index (χ1n) is 4.50. The third-order valence-corrected chi connectivity index (χ3v) is 1.99. The van der Waals surface area contributed by atoms with Crippen LogP contribution in [0.25, 0.3) is 0 Å². The minimum atomic E-state index is -1.06. The van der Waals surface area contributed by atoms with Crippen LogP contribution >= 0.6 is 0 Å². The van der Waals surface area contributed by atoms with Crippen molar-refractivity contribution in [2.75, 3.05) is 5.32 Å². The van der Waals surface area contributed by atoms with Gasteiger partial charge in [0.15, 0.2) is 0 Å². The van der Waals surface area contributed by atoms with Gasteiger partial charge in [0.25, 0.3) is 5.91 Å². The molecule has 1 aromatic rings. The Hall–Kier alpha value is -2.11. The maximum atomic E-state index is 13.3. The van der Waals surface area contributed by atoms with Gasteiger partial charge in [0.05, 0.1) is 5.56 Å². The summed E-state index contributed by atoms with van der Waals surface area (Å²) in [4.78, 5) is 21.3. The van der Waals surface area contributed by atoms with E-state index in [4.69, 9.17) is 10.8 Å². The van der Waals surface area contributed by atoms with Crippen molar-refractivity contribution in [2.24, 2.45) is 5.73 Å². The highest BCUT2D eigenvalue weighted by molar-refractivity contribution is 5.93. The zero-order chi connectivity index (χ0) is 12.3. The first-order valence-corrected chi connectivity index (χ1v) is 4.50. The molecule has 0 bridgehead atoms. The van der Waals surface area contributed by atoms with E-state index in [-0.39, 0.29) is 11.3 Å². The van der Waals surface area contributed by atoms with Gasteiger partial charge in [0.2, 0.25) is 0 Å². The number of rotatable bonds is 4. The van der Waals surface area contributed by atoms with Gasteiger partial charge in [-0.2, -0.15) is 0 Å². The number of primary amides is 1. The number of hydrogen-bond donors (Lipinski definition) is 3. The van der Waals surface area contributed by atoms with Crippen molar-refractivity contribution in [3.05, 3.63) is 29.6 Å². The van der Waals surface area contributed by atoms with E-state index in [0.717, 1.165) is 6.07 Å². The quantitative estimate of drug-likeness (QED) is 0.708. The van der Waals surface area contributed by atoms with E-state index in [0.29, 0.717) is 0 Å². The van der Waals surface area contributed by atoms with Crippen LogP contribution in [-0.4, -0.2) is 23.0 Å². The molecule has 1 amide bonds. The number of nitrogens with one attached hydrogen (secondary N) is 1. The highest BCUT2D eigenvalue weighted by atomic mass is 19.1. The highest BCUT2D eigenvalue weighted by Gasteiger charge is 2.12. The number of halogens is 1. The van der Waals surface area contributed by atoms with Crippen molar-refractivity contribution in [1.82, 2.24) is 0 Å². The molecule has 0 saturated carbocycles. The molecule has 1 atom stereocenters. The van der Waals surface area contributed by atoms with Crippen LogP contribution in [0.4, 0.5) is 10.1 Å². The van der Waals surface area contributed by atoms with Gasteiger partial charge in [-0.05, 0) is 25.1 Å². The fraction of sp³-hybridized carbons (Fsp3) is 0.200. The van der Waals surface area contributed by atoms with Gasteiger partial charge in [-0.25, -0.2) is 4.39 Å². The molecular formula is C10H11FN2O3. The van der Waals surface area contributed by atoms with E-state index in [1.54, 1.807) is 0 Å². The molecule has 0 spiro atoms. The molecule has 86 valence electrons. The zero-order valence-electron chi connectivity index (χ0n) is 8.53. The lowest BCUT2D eigenvalue weighted by molar-refractivity contribution is -0.137. The largest absolute Gasteiger partial charge is 0.480 e. The number of anilines is 1. The maximum absolute atomic E-state index is 13.3. The Morgan fingerprint density at radius 1 is 1.50 bits per heavy atom. The molecular weight excluding hydrogens is 215 g/mol. The van der Waals surface area contributed by atoms with Gasteiger partial charge >= 0.3 is 5.97 Å². The Bertz CT molecular complexity index is 434. The first kappa shape index (κ1) is 12.0. The van der Waals surface area contributed by atoms with Crippen molar-refractivity contribution in [3.63, 3.8) is 0 Å². The Morgan fingerprint density at radius 3 is 2.56 bits per heavy atom. The fourth-order valence-corrected chi connectivity index (χ4v) is 1.12. The standard InChI is InChI=1S/C10H11FN2O3/c1-5(10(15)16)13-6-2-3-7(9(12)14)8(11)4-6/h2-5,13H,1H3,(H2,12,14)(H,15,16). The van der Waals surface area contributed by atoms with Gasteiger partial charge in [-0.15, -0.1) is 0 Å². The number of carboxylic acids is 1. The number of benzene rings is 1. The minimum Gasteiger partial charge on any atom is -0.480 e. The summed E-state index contributed by atoms with van der Waals surface area (Å²) in [5.74, 6) is -2.70. The summed E-state index contributed by atoms with van der Waals surface area (Å²) in [6.45, 7) is 1.42. The molecule has 6 heteroatoms. The number of carbonyl (C=O) groups excluding carboxylic acids is 1. The molecule has 16 heavy (non-hydrogen) atoms. The van der Waals surface area contributed by atoms with Crippen molar-refractivity contribution in [2.45, 2.75) is 13.0 Å². The summed E-state index contributed by atoms with van der Waals surface area (Å²) >= 11 is 0. The number of hydrogen-bond acceptors (Lipinski definition) is 3. The predicted octanol–water partition coefficient (Wildman–Crippen LogP) is 0.810. The normalized spacial score (nSPS) is 11.9. The molecule has 4 N–H and O–H groups in total. The number of nitrogens with two attached hydrogens (primary N) is 1. The van der Waals surface area contributed by atoms with Gasteiger partial charge in [0.1, 0.15) is 11.9 Å². The van der Waals surface area contributed by atoms with Gasteiger partial charge in [0, 0.05) is 5.69 Å². The molecule has 0 saturated heterocycles. The third kappa shape index (κ3) is 2.69. The van der Waals surface area contributed by atoms with Crippen LogP contribution in [0.2, 0.25) is 0 Å². The van der Waals surface area contributed by atoms with Crippen LogP contribution < -0.4 is 11.1 Å². The lowest BCUT2D eigenvalue weighted by Crippen LogP contribution is -2.25. The summed E-state index contributed by atoms with van der Waals surface area (Å²) in [5.41, 5.74) is 4.97. The average Bonchev–Trinajstić information content (AvgIpc) is 2.16. The molecule has 5 nitrogen and oxygen atoms in total. The molecule has 0 aliphatic rings. The number of carbonyl (C=O) groups is 2. The Balaban J connectivity index is 2.89. The van der Waals surface area contributed by atoms with Gasteiger partial charge < -0.3 is 16.2 Å². The Morgan fingerprint density at radius 2 is 2.12 bits per heavy atom. The van der Waals surface area contributed by atoms with E-state index in [9.17, 15) is 14.0 Å². The van der Waals surface area contributed by atoms with Crippen LogP contribution in [0.5, 0.6) is 0 Å². The second-order valence-corrected chi connectivity index (χ2v) is 3.26. The van der Waals surface area contributed by atoms with E-state index < -0.39 is 23.7 Å². The molecule has 0 heterocycles. The molecule has 0 aliphatic heterocycles. The molecule has 0 aliphatic carbocycles. The van der Waals surface area contributed by atoms with Crippen LogP contribution in [0, 0.1) is 5.82 Å². The first-order chi connectivity index (χ1) is 7.41. The number of carboxylic acid groups (broad SMARTS) is 1. The maximum Gasteiger partial charge on any atom is 0.325 e. The summed E-state index contributed by atoms with van der Waals surface area (Å²) in [5, 5.41) is 11.2. The van der Waals surface area contributed by atoms with E-state index in [1.165, 1.54) is 19.1 Å². The van der Waals surface area contributed by atoms with E-state index in [1.807, 2.05) is 0 Å². The van der Waals surface area contributed by atoms with Crippen LogP contribution in [0.15, 0.2) is 18.2 Å². The van der Waals surface area contributed by atoms with Crippen molar-refractivity contribution in [1.29, 1.82) is 0 Å². The lowest BCUT2D eigenvalue weighted by atomic mass is 10.1. The Kier molecular flexibility index (Phi) is 3.44. The topological polar surface area (TPSA) is 92.4 Å². The molecule has 1 aromatic carbocycles. The van der Waals surface area contributed by atoms with Crippen molar-refractivity contribution in [3.8, 4) is 0 Å². The third-order valence-electron chi connectivity index (χ3n) is 1.99. The van der Waals surface area contributed by atoms with Crippen LogP contribution in [0.3, 0.4) is 0 Å². The van der Waals surface area contributed by atoms with Crippen LogP contribution in [0.1, 0.15) is 17.3 Å². The predicted molar refractivity (Wildman–Crippen MR) is 55.6 cm³/mol. The summed E-state index contributed by atoms with van der Waals surface area (Å²) in [7, 11) is 0. The average molecular weight is 226 g/mol. The SMILES string of the molecule is CC(Nc1ccc(C(N)=O)c(F)c1)C(=O)O. The smallest absolute Gasteiger partial charge is 0.325 e. The minimum absolute atomic E-state index is 0.228.